The van der Waals surface area contributed by atoms with Gasteiger partial charge in [-0.3, -0.25) is 0 Å². The van der Waals surface area contributed by atoms with E-state index in [0.29, 0.717) is 12.2 Å². The first-order valence-electron chi connectivity index (χ1n) is 7.59. The monoisotopic (exact) mass is 299 g/mol. The Bertz CT molecular complexity index is 629. The summed E-state index contributed by atoms with van der Waals surface area (Å²) >= 11 is 0. The maximum Gasteiger partial charge on any atom is 0.146 e. The summed E-state index contributed by atoms with van der Waals surface area (Å²) < 4.78 is 11.9. The van der Waals surface area contributed by atoms with Crippen molar-refractivity contribution in [2.45, 2.75) is 38.7 Å². The Morgan fingerprint density at radius 3 is 2.77 bits per heavy atom. The van der Waals surface area contributed by atoms with Gasteiger partial charge in [-0.2, -0.15) is 0 Å². The molecule has 3 rings (SSSR count). The van der Waals surface area contributed by atoms with E-state index in [2.05, 4.69) is 5.32 Å². The highest BCUT2D eigenvalue weighted by molar-refractivity contribution is 5.60. The molecule has 0 fully saturated rings. The molecular weight excluding hydrogens is 278 g/mol. The zero-order valence-electron chi connectivity index (χ0n) is 12.8. The number of aliphatic hydroxyl groups is 1. The van der Waals surface area contributed by atoms with Crippen LogP contribution in [0.4, 0.5) is 5.69 Å². The van der Waals surface area contributed by atoms with Gasteiger partial charge in [-0.05, 0) is 31.5 Å². The predicted molar refractivity (Wildman–Crippen MR) is 86.3 cm³/mol. The third-order valence-electron chi connectivity index (χ3n) is 3.74. The van der Waals surface area contributed by atoms with E-state index in [9.17, 15) is 5.11 Å². The summed E-state index contributed by atoms with van der Waals surface area (Å²) in [7, 11) is 0. The fourth-order valence-corrected chi connectivity index (χ4v) is 2.61. The normalized spacial score (nSPS) is 21.8. The van der Waals surface area contributed by atoms with Crippen LogP contribution in [0.1, 0.15) is 31.9 Å². The molecule has 2 aromatic carbocycles. The molecule has 4 heteroatoms. The Balaban J connectivity index is 1.79. The second kappa shape index (κ2) is 6.28. The third kappa shape index (κ3) is 3.34. The molecule has 2 aromatic rings. The molecule has 0 amide bonds. The van der Waals surface area contributed by atoms with Crippen LogP contribution in [-0.4, -0.2) is 17.4 Å². The fraction of sp³-hybridized carbons (Fsp3) is 0.333. The van der Waals surface area contributed by atoms with Gasteiger partial charge in [-0.25, -0.2) is 0 Å². The molecule has 116 valence electrons. The van der Waals surface area contributed by atoms with E-state index in [0.717, 1.165) is 17.0 Å². The Hall–Kier alpha value is -2.20. The number of anilines is 1. The molecule has 1 unspecified atom stereocenters. The maximum atomic E-state index is 9.85. The van der Waals surface area contributed by atoms with Gasteiger partial charge in [0, 0.05) is 12.5 Å². The minimum absolute atomic E-state index is 0.0407. The minimum atomic E-state index is -0.591. The number of benzene rings is 2. The van der Waals surface area contributed by atoms with Crippen LogP contribution >= 0.6 is 0 Å². The smallest absolute Gasteiger partial charge is 0.146 e. The number of rotatable bonds is 3. The van der Waals surface area contributed by atoms with Gasteiger partial charge in [-0.1, -0.05) is 30.3 Å². The second-order valence-corrected chi connectivity index (χ2v) is 5.65. The highest BCUT2D eigenvalue weighted by Crippen LogP contribution is 2.34. The first kappa shape index (κ1) is 14.7. The first-order valence-corrected chi connectivity index (χ1v) is 7.59. The fourth-order valence-electron chi connectivity index (χ4n) is 2.61. The van der Waals surface area contributed by atoms with E-state index in [1.165, 1.54) is 0 Å². The maximum absolute atomic E-state index is 9.85. The van der Waals surface area contributed by atoms with Gasteiger partial charge >= 0.3 is 0 Å². The van der Waals surface area contributed by atoms with Crippen LogP contribution in [-0.2, 0) is 0 Å². The van der Waals surface area contributed by atoms with Crippen LogP contribution in [0, 0.1) is 0 Å². The van der Waals surface area contributed by atoms with Gasteiger partial charge in [0.1, 0.15) is 29.9 Å². The van der Waals surface area contributed by atoms with Gasteiger partial charge in [-0.15, -0.1) is 0 Å². The molecule has 0 aliphatic carbocycles. The van der Waals surface area contributed by atoms with E-state index < -0.39 is 6.23 Å². The average Bonchev–Trinajstić information content (AvgIpc) is 2.64. The van der Waals surface area contributed by atoms with Crippen molar-refractivity contribution >= 4 is 5.69 Å². The Labute approximate surface area is 130 Å². The lowest BCUT2D eigenvalue weighted by atomic mass is 10.1. The molecule has 22 heavy (non-hydrogen) atoms. The third-order valence-corrected chi connectivity index (χ3v) is 3.74. The van der Waals surface area contributed by atoms with Crippen molar-refractivity contribution in [3.8, 4) is 11.5 Å². The van der Waals surface area contributed by atoms with Crippen molar-refractivity contribution < 1.29 is 14.6 Å². The van der Waals surface area contributed by atoms with E-state index >= 15 is 0 Å². The van der Waals surface area contributed by atoms with Crippen molar-refractivity contribution in [3.05, 3.63) is 54.1 Å². The highest BCUT2D eigenvalue weighted by Gasteiger charge is 2.20. The molecule has 0 saturated heterocycles. The molecule has 2 N–H and O–H groups in total. The summed E-state index contributed by atoms with van der Waals surface area (Å²) in [4.78, 5) is 0. The van der Waals surface area contributed by atoms with Gasteiger partial charge in [0.15, 0.2) is 0 Å². The van der Waals surface area contributed by atoms with Crippen LogP contribution in [0.3, 0.4) is 0 Å². The molecule has 3 atom stereocenters. The number of fused-ring (bicyclic) bond motifs is 1. The van der Waals surface area contributed by atoms with E-state index in [1.807, 2.05) is 62.4 Å². The molecule has 0 saturated carbocycles. The zero-order chi connectivity index (χ0) is 15.5. The topological polar surface area (TPSA) is 50.7 Å². The summed E-state index contributed by atoms with van der Waals surface area (Å²) in [6.45, 7) is 3.96. The van der Waals surface area contributed by atoms with E-state index in [-0.39, 0.29) is 12.2 Å². The number of hydrogen-bond donors (Lipinski definition) is 2. The van der Waals surface area contributed by atoms with Crippen molar-refractivity contribution in [3.63, 3.8) is 0 Å². The lowest BCUT2D eigenvalue weighted by Crippen LogP contribution is -2.22. The Kier molecular flexibility index (Phi) is 4.20. The van der Waals surface area contributed by atoms with E-state index in [4.69, 9.17) is 9.47 Å². The quantitative estimate of drug-likeness (QED) is 0.906. The summed E-state index contributed by atoms with van der Waals surface area (Å²) in [6, 6.07) is 15.7. The summed E-state index contributed by atoms with van der Waals surface area (Å²) in [5, 5.41) is 12.9. The Morgan fingerprint density at radius 1 is 1.23 bits per heavy atom. The van der Waals surface area contributed by atoms with Gasteiger partial charge in [0.2, 0.25) is 0 Å². The lowest BCUT2D eigenvalue weighted by Gasteiger charge is -2.17. The molecule has 0 bridgehead atoms. The zero-order valence-corrected chi connectivity index (χ0v) is 12.8. The molecule has 0 aromatic heterocycles. The molecule has 4 nitrogen and oxygen atoms in total. The van der Waals surface area contributed by atoms with Crippen LogP contribution in [0.5, 0.6) is 11.5 Å². The molecule has 0 spiro atoms. The molecule has 1 aliphatic rings. The van der Waals surface area contributed by atoms with Crippen molar-refractivity contribution in [1.29, 1.82) is 0 Å². The summed E-state index contributed by atoms with van der Waals surface area (Å²) in [5.41, 5.74) is 1.91. The van der Waals surface area contributed by atoms with Gasteiger partial charge < -0.3 is 19.9 Å². The molecule has 1 aliphatic heterocycles. The molecule has 1 heterocycles. The second-order valence-electron chi connectivity index (χ2n) is 5.65. The van der Waals surface area contributed by atoms with Gasteiger partial charge in [0.05, 0.1) is 5.69 Å². The van der Waals surface area contributed by atoms with Crippen LogP contribution in [0.15, 0.2) is 48.5 Å². The van der Waals surface area contributed by atoms with Crippen LogP contribution in [0.2, 0.25) is 0 Å². The SMILES string of the molecule is C[C@@H]1CC(O)Nc2ccc(O[C@@H](C)c3ccccc3)cc2O1. The number of aliphatic hydroxyl groups excluding tert-OH is 1. The lowest BCUT2D eigenvalue weighted by molar-refractivity contribution is 0.130. The van der Waals surface area contributed by atoms with Gasteiger partial charge in [0.25, 0.3) is 0 Å². The average molecular weight is 299 g/mol. The summed E-state index contributed by atoms with van der Waals surface area (Å²) in [6.07, 6.45) is -0.136. The minimum Gasteiger partial charge on any atom is -0.488 e. The standard InChI is InChI=1S/C18H21NO3/c1-12-10-18(20)19-16-9-8-15(11-17(16)21-12)22-13(2)14-6-4-3-5-7-14/h3-9,11-13,18-20H,10H2,1-2H3/t12-,13+,18?/m1/s1. The van der Waals surface area contributed by atoms with Crippen molar-refractivity contribution in [2.75, 3.05) is 5.32 Å². The number of hydrogen-bond acceptors (Lipinski definition) is 4. The molecular formula is C18H21NO3. The van der Waals surface area contributed by atoms with Crippen LogP contribution < -0.4 is 14.8 Å². The van der Waals surface area contributed by atoms with E-state index in [1.54, 1.807) is 0 Å². The largest absolute Gasteiger partial charge is 0.488 e. The number of ether oxygens (including phenoxy) is 2. The first-order chi connectivity index (χ1) is 10.6. The van der Waals surface area contributed by atoms with Crippen LogP contribution in [0.25, 0.3) is 0 Å². The van der Waals surface area contributed by atoms with Crippen molar-refractivity contribution in [1.82, 2.24) is 0 Å². The predicted octanol–water partition coefficient (Wildman–Crippen LogP) is 3.73. The summed E-state index contributed by atoms with van der Waals surface area (Å²) in [5.74, 6) is 1.46. The molecule has 0 radical (unpaired) electrons. The Morgan fingerprint density at radius 2 is 2.00 bits per heavy atom. The number of nitrogens with one attached hydrogen (secondary N) is 1. The highest BCUT2D eigenvalue weighted by atomic mass is 16.5. The van der Waals surface area contributed by atoms with Crippen molar-refractivity contribution in [2.24, 2.45) is 0 Å².